The number of hydrogen-bond donors (Lipinski definition) is 1. The smallest absolute Gasteiger partial charge is 0.330 e. The van der Waals surface area contributed by atoms with Crippen LogP contribution in [0.4, 0.5) is 0 Å². The van der Waals surface area contributed by atoms with Crippen LogP contribution in [0, 0.1) is 6.92 Å². The predicted octanol–water partition coefficient (Wildman–Crippen LogP) is 1.78. The van der Waals surface area contributed by atoms with Gasteiger partial charge in [-0.2, -0.15) is 15.0 Å². The van der Waals surface area contributed by atoms with E-state index in [1.165, 1.54) is 4.80 Å². The molecule has 0 aliphatic heterocycles. The summed E-state index contributed by atoms with van der Waals surface area (Å²) >= 11 is 0. The third-order valence-electron chi connectivity index (χ3n) is 2.50. The first kappa shape index (κ1) is 10.6. The lowest BCUT2D eigenvalue weighted by molar-refractivity contribution is -0.141. The molecule has 84 valence electrons. The summed E-state index contributed by atoms with van der Waals surface area (Å²) in [6.45, 7) is 3.77. The average molecular weight is 219 g/mol. The first-order valence-electron chi connectivity index (χ1n) is 5.18. The maximum absolute atomic E-state index is 11.0. The Morgan fingerprint density at radius 3 is 2.75 bits per heavy atom. The summed E-state index contributed by atoms with van der Waals surface area (Å²) < 4.78 is 0. The summed E-state index contributed by atoms with van der Waals surface area (Å²) in [5.74, 6) is -0.903. The zero-order valence-electron chi connectivity index (χ0n) is 9.21. The Labute approximate surface area is 92.7 Å². The van der Waals surface area contributed by atoms with Gasteiger partial charge < -0.3 is 5.11 Å². The van der Waals surface area contributed by atoms with Crippen LogP contribution in [0.5, 0.6) is 0 Å². The lowest BCUT2D eigenvalue weighted by Gasteiger charge is -2.06. The lowest BCUT2D eigenvalue weighted by atomic mass is 10.2. The van der Waals surface area contributed by atoms with Gasteiger partial charge in [0.2, 0.25) is 0 Å². The lowest BCUT2D eigenvalue weighted by Crippen LogP contribution is -2.20. The molecule has 2 aromatic rings. The van der Waals surface area contributed by atoms with E-state index in [-0.39, 0.29) is 0 Å². The SMILES string of the molecule is CCC(C(=O)O)n1nc2ccc(C)cc2n1. The molecule has 0 fully saturated rings. The number of benzene rings is 1. The van der Waals surface area contributed by atoms with Crippen molar-refractivity contribution in [1.29, 1.82) is 0 Å². The number of aryl methyl sites for hydroxylation is 1. The van der Waals surface area contributed by atoms with Crippen LogP contribution in [0.3, 0.4) is 0 Å². The summed E-state index contributed by atoms with van der Waals surface area (Å²) in [6, 6.07) is 4.99. The third-order valence-corrected chi connectivity index (χ3v) is 2.50. The number of carboxylic acids is 1. The van der Waals surface area contributed by atoms with Crippen LogP contribution in [0.25, 0.3) is 11.0 Å². The Balaban J connectivity index is 2.49. The Bertz CT molecular complexity index is 533. The molecular formula is C11H13N3O2. The highest BCUT2D eigenvalue weighted by atomic mass is 16.4. The summed E-state index contributed by atoms with van der Waals surface area (Å²) in [5.41, 5.74) is 2.55. The van der Waals surface area contributed by atoms with Crippen molar-refractivity contribution < 1.29 is 9.90 Å². The molecule has 1 unspecified atom stereocenters. The minimum atomic E-state index is -0.903. The van der Waals surface area contributed by atoms with Crippen LogP contribution in [0.1, 0.15) is 24.9 Å². The fourth-order valence-electron chi connectivity index (χ4n) is 1.62. The van der Waals surface area contributed by atoms with Crippen molar-refractivity contribution in [2.75, 3.05) is 0 Å². The molecule has 1 heterocycles. The molecule has 1 aromatic heterocycles. The molecule has 0 saturated heterocycles. The van der Waals surface area contributed by atoms with E-state index < -0.39 is 12.0 Å². The van der Waals surface area contributed by atoms with E-state index >= 15 is 0 Å². The molecule has 0 radical (unpaired) electrons. The highest BCUT2D eigenvalue weighted by Crippen LogP contribution is 2.15. The maximum Gasteiger partial charge on any atom is 0.330 e. The molecule has 0 bridgehead atoms. The molecule has 5 nitrogen and oxygen atoms in total. The maximum atomic E-state index is 11.0. The second-order valence-electron chi connectivity index (χ2n) is 3.77. The Morgan fingerprint density at radius 2 is 2.12 bits per heavy atom. The normalized spacial score (nSPS) is 12.9. The summed E-state index contributed by atoms with van der Waals surface area (Å²) in [6.07, 6.45) is 0.468. The fourth-order valence-corrected chi connectivity index (χ4v) is 1.62. The first-order valence-corrected chi connectivity index (χ1v) is 5.18. The van der Waals surface area contributed by atoms with Gasteiger partial charge in [0.15, 0.2) is 6.04 Å². The zero-order valence-corrected chi connectivity index (χ0v) is 9.21. The molecule has 0 amide bonds. The first-order chi connectivity index (χ1) is 7.61. The van der Waals surface area contributed by atoms with Gasteiger partial charge in [-0.15, -0.1) is 0 Å². The van der Waals surface area contributed by atoms with Gasteiger partial charge >= 0.3 is 5.97 Å². The van der Waals surface area contributed by atoms with Crippen LogP contribution in [-0.4, -0.2) is 26.1 Å². The number of aliphatic carboxylic acids is 1. The van der Waals surface area contributed by atoms with E-state index in [1.807, 2.05) is 25.1 Å². The number of carbonyl (C=O) groups is 1. The molecule has 1 aromatic carbocycles. The van der Waals surface area contributed by atoms with Crippen LogP contribution in [-0.2, 0) is 4.79 Å². The van der Waals surface area contributed by atoms with Crippen LogP contribution in [0.15, 0.2) is 18.2 Å². The van der Waals surface area contributed by atoms with Crippen molar-refractivity contribution in [3.05, 3.63) is 23.8 Å². The van der Waals surface area contributed by atoms with E-state index in [9.17, 15) is 4.79 Å². The Morgan fingerprint density at radius 1 is 1.44 bits per heavy atom. The average Bonchev–Trinajstić information content (AvgIpc) is 2.60. The van der Waals surface area contributed by atoms with Crippen molar-refractivity contribution in [2.45, 2.75) is 26.3 Å². The molecule has 0 aliphatic rings. The molecule has 0 saturated carbocycles. The second kappa shape index (κ2) is 3.92. The number of fused-ring (bicyclic) bond motifs is 1. The van der Waals surface area contributed by atoms with Gasteiger partial charge in [0, 0.05) is 0 Å². The largest absolute Gasteiger partial charge is 0.480 e. The van der Waals surface area contributed by atoms with E-state index in [0.717, 1.165) is 16.6 Å². The molecular weight excluding hydrogens is 206 g/mol. The van der Waals surface area contributed by atoms with E-state index in [4.69, 9.17) is 5.11 Å². The number of nitrogens with zero attached hydrogens (tertiary/aromatic N) is 3. The molecule has 1 N–H and O–H groups in total. The van der Waals surface area contributed by atoms with E-state index in [1.54, 1.807) is 6.92 Å². The van der Waals surface area contributed by atoms with Gasteiger partial charge in [0.1, 0.15) is 11.0 Å². The molecule has 16 heavy (non-hydrogen) atoms. The minimum Gasteiger partial charge on any atom is -0.480 e. The third kappa shape index (κ3) is 1.76. The highest BCUT2D eigenvalue weighted by Gasteiger charge is 2.19. The fraction of sp³-hybridized carbons (Fsp3) is 0.364. The Hall–Kier alpha value is -1.91. The number of hydrogen-bond acceptors (Lipinski definition) is 3. The van der Waals surface area contributed by atoms with Crippen LogP contribution in [0.2, 0.25) is 0 Å². The van der Waals surface area contributed by atoms with Crippen molar-refractivity contribution in [2.24, 2.45) is 0 Å². The van der Waals surface area contributed by atoms with Gasteiger partial charge in [0.05, 0.1) is 0 Å². The van der Waals surface area contributed by atoms with Crippen LogP contribution >= 0.6 is 0 Å². The minimum absolute atomic E-state index is 0.468. The topological polar surface area (TPSA) is 68.0 Å². The molecule has 5 heteroatoms. The van der Waals surface area contributed by atoms with Crippen molar-refractivity contribution in [1.82, 2.24) is 15.0 Å². The van der Waals surface area contributed by atoms with Gasteiger partial charge in [-0.05, 0) is 31.0 Å². The molecule has 0 spiro atoms. The molecule has 2 rings (SSSR count). The number of carboxylic acid groups (broad SMARTS) is 1. The quantitative estimate of drug-likeness (QED) is 0.854. The Kier molecular flexibility index (Phi) is 2.60. The van der Waals surface area contributed by atoms with Gasteiger partial charge in [-0.25, -0.2) is 4.79 Å². The monoisotopic (exact) mass is 219 g/mol. The van der Waals surface area contributed by atoms with E-state index in [0.29, 0.717) is 6.42 Å². The second-order valence-corrected chi connectivity index (χ2v) is 3.77. The van der Waals surface area contributed by atoms with Crippen molar-refractivity contribution in [3.8, 4) is 0 Å². The van der Waals surface area contributed by atoms with Crippen LogP contribution < -0.4 is 0 Å². The molecule has 1 atom stereocenters. The van der Waals surface area contributed by atoms with Gasteiger partial charge in [-0.3, -0.25) is 0 Å². The summed E-state index contributed by atoms with van der Waals surface area (Å²) in [4.78, 5) is 12.3. The zero-order chi connectivity index (χ0) is 11.7. The summed E-state index contributed by atoms with van der Waals surface area (Å²) in [5, 5.41) is 17.4. The van der Waals surface area contributed by atoms with Gasteiger partial charge in [-0.1, -0.05) is 13.0 Å². The standard InChI is InChI=1S/C11H13N3O2/c1-3-10(11(15)16)14-12-8-5-4-7(2)6-9(8)13-14/h4-6,10H,3H2,1-2H3,(H,15,16). The number of rotatable bonds is 3. The van der Waals surface area contributed by atoms with Crippen molar-refractivity contribution >= 4 is 17.0 Å². The highest BCUT2D eigenvalue weighted by molar-refractivity contribution is 5.76. The summed E-state index contributed by atoms with van der Waals surface area (Å²) in [7, 11) is 0. The number of aromatic nitrogens is 3. The van der Waals surface area contributed by atoms with Crippen molar-refractivity contribution in [3.63, 3.8) is 0 Å². The van der Waals surface area contributed by atoms with Gasteiger partial charge in [0.25, 0.3) is 0 Å². The van der Waals surface area contributed by atoms with E-state index in [2.05, 4.69) is 10.2 Å². The predicted molar refractivity (Wildman–Crippen MR) is 59.2 cm³/mol. The molecule has 0 aliphatic carbocycles.